The van der Waals surface area contributed by atoms with Gasteiger partial charge in [-0.2, -0.15) is 0 Å². The molecule has 1 unspecified atom stereocenters. The van der Waals surface area contributed by atoms with Crippen LogP contribution in [0.4, 0.5) is 0 Å². The zero-order chi connectivity index (χ0) is 8.10. The lowest BCUT2D eigenvalue weighted by atomic mass is 10.2. The van der Waals surface area contributed by atoms with E-state index in [4.69, 9.17) is 9.47 Å². The largest absolute Gasteiger partial charge is 0.381 e. The van der Waals surface area contributed by atoms with Crippen LogP contribution in [0.2, 0.25) is 0 Å². The number of rotatable bonds is 0. The van der Waals surface area contributed by atoms with Gasteiger partial charge in [-0.25, -0.2) is 0 Å². The van der Waals surface area contributed by atoms with E-state index in [2.05, 4.69) is 13.8 Å². The van der Waals surface area contributed by atoms with Gasteiger partial charge < -0.3 is 9.47 Å². The monoisotopic (exact) mass is 158 g/mol. The Labute approximate surface area is 68.9 Å². The number of ether oxygens (including phenoxy) is 2. The van der Waals surface area contributed by atoms with Crippen LogP contribution in [0.5, 0.6) is 0 Å². The fourth-order valence-corrected chi connectivity index (χ4v) is 1.01. The van der Waals surface area contributed by atoms with Gasteiger partial charge >= 0.3 is 0 Å². The van der Waals surface area contributed by atoms with Gasteiger partial charge in [-0.3, -0.25) is 0 Å². The summed E-state index contributed by atoms with van der Waals surface area (Å²) in [4.78, 5) is 0. The first-order chi connectivity index (χ1) is 5.29. The molecule has 2 fully saturated rings. The summed E-state index contributed by atoms with van der Waals surface area (Å²) in [7, 11) is 0. The molecule has 0 aliphatic carbocycles. The molecule has 0 amide bonds. The third kappa shape index (κ3) is 3.73. The van der Waals surface area contributed by atoms with E-state index in [1.54, 1.807) is 0 Å². The molecule has 11 heavy (non-hydrogen) atoms. The van der Waals surface area contributed by atoms with E-state index in [1.807, 2.05) is 0 Å². The molecule has 0 aromatic carbocycles. The molecule has 0 spiro atoms. The van der Waals surface area contributed by atoms with Crippen LogP contribution >= 0.6 is 0 Å². The standard InChI is InChI=1S/C5H10O.C4H8O/c1-5-2-3-6-4-5;1-4-2-5-3-4/h5H,2-4H2,1H3;4H,2-3H2,1H3. The third-order valence-corrected chi connectivity index (χ3v) is 1.96. The highest BCUT2D eigenvalue weighted by Gasteiger charge is 2.09. The first-order valence-electron chi connectivity index (χ1n) is 4.44. The minimum absolute atomic E-state index is 0.824. The van der Waals surface area contributed by atoms with Gasteiger partial charge in [0.15, 0.2) is 0 Å². The van der Waals surface area contributed by atoms with Crippen molar-refractivity contribution in [2.75, 3.05) is 26.4 Å². The van der Waals surface area contributed by atoms with Crippen molar-refractivity contribution in [2.24, 2.45) is 11.8 Å². The summed E-state index contributed by atoms with van der Waals surface area (Å²) >= 11 is 0. The average molecular weight is 158 g/mol. The van der Waals surface area contributed by atoms with Crippen molar-refractivity contribution in [2.45, 2.75) is 20.3 Å². The second-order valence-corrected chi connectivity index (χ2v) is 3.61. The summed E-state index contributed by atoms with van der Waals surface area (Å²) in [5, 5.41) is 0. The third-order valence-electron chi connectivity index (χ3n) is 1.96. The SMILES string of the molecule is CC1CCOC1.CC1COC1. The van der Waals surface area contributed by atoms with Crippen LogP contribution in [0, 0.1) is 11.8 Å². The maximum Gasteiger partial charge on any atom is 0.0513 e. The van der Waals surface area contributed by atoms with Crippen molar-refractivity contribution < 1.29 is 9.47 Å². The predicted molar refractivity (Wildman–Crippen MR) is 44.6 cm³/mol. The molecule has 2 heterocycles. The van der Waals surface area contributed by atoms with Crippen LogP contribution in [0.3, 0.4) is 0 Å². The Morgan fingerprint density at radius 2 is 1.55 bits per heavy atom. The van der Waals surface area contributed by atoms with Crippen molar-refractivity contribution in [3.63, 3.8) is 0 Å². The lowest BCUT2D eigenvalue weighted by molar-refractivity contribution is -0.0221. The van der Waals surface area contributed by atoms with Gasteiger partial charge in [-0.05, 0) is 12.3 Å². The fraction of sp³-hybridized carbons (Fsp3) is 1.00. The van der Waals surface area contributed by atoms with E-state index in [0.29, 0.717) is 0 Å². The van der Waals surface area contributed by atoms with Crippen molar-refractivity contribution in [1.82, 2.24) is 0 Å². The van der Waals surface area contributed by atoms with E-state index in [0.717, 1.165) is 38.3 Å². The predicted octanol–water partition coefficient (Wildman–Crippen LogP) is 1.70. The maximum absolute atomic E-state index is 5.06. The highest BCUT2D eigenvalue weighted by molar-refractivity contribution is 4.56. The van der Waals surface area contributed by atoms with Crippen LogP contribution in [0.15, 0.2) is 0 Å². The topological polar surface area (TPSA) is 18.5 Å². The molecule has 2 heteroatoms. The van der Waals surface area contributed by atoms with Gasteiger partial charge in [0.25, 0.3) is 0 Å². The summed E-state index contributed by atoms with van der Waals surface area (Å²) < 4.78 is 9.89. The van der Waals surface area contributed by atoms with Crippen molar-refractivity contribution in [3.05, 3.63) is 0 Å². The van der Waals surface area contributed by atoms with Crippen LogP contribution in [-0.2, 0) is 9.47 Å². The van der Waals surface area contributed by atoms with E-state index in [-0.39, 0.29) is 0 Å². The van der Waals surface area contributed by atoms with Crippen LogP contribution in [-0.4, -0.2) is 26.4 Å². The summed E-state index contributed by atoms with van der Waals surface area (Å²) in [5.41, 5.74) is 0. The Morgan fingerprint density at radius 3 is 1.64 bits per heavy atom. The van der Waals surface area contributed by atoms with Gasteiger partial charge in [0, 0.05) is 19.1 Å². The summed E-state index contributed by atoms with van der Waals surface area (Å²) in [6, 6.07) is 0. The van der Waals surface area contributed by atoms with Crippen molar-refractivity contribution in [1.29, 1.82) is 0 Å². The minimum Gasteiger partial charge on any atom is -0.381 e. The Hall–Kier alpha value is -0.0800. The number of hydrogen-bond donors (Lipinski definition) is 0. The molecule has 2 saturated heterocycles. The molecule has 0 radical (unpaired) electrons. The summed E-state index contributed by atoms with van der Waals surface area (Å²) in [6.07, 6.45) is 1.26. The highest BCUT2D eigenvalue weighted by atomic mass is 16.5. The average Bonchev–Trinajstić information content (AvgIpc) is 2.36. The summed E-state index contributed by atoms with van der Waals surface area (Å²) in [6.45, 7) is 8.34. The van der Waals surface area contributed by atoms with E-state index in [1.165, 1.54) is 6.42 Å². The van der Waals surface area contributed by atoms with Crippen LogP contribution in [0.25, 0.3) is 0 Å². The summed E-state index contributed by atoms with van der Waals surface area (Å²) in [5.74, 6) is 1.67. The molecule has 0 aromatic heterocycles. The second-order valence-electron chi connectivity index (χ2n) is 3.61. The van der Waals surface area contributed by atoms with Crippen LogP contribution < -0.4 is 0 Å². The smallest absolute Gasteiger partial charge is 0.0513 e. The first-order valence-corrected chi connectivity index (χ1v) is 4.44. The zero-order valence-electron chi connectivity index (χ0n) is 7.51. The minimum atomic E-state index is 0.824. The molecule has 0 saturated carbocycles. The molecule has 0 aromatic rings. The molecule has 2 rings (SSSR count). The van der Waals surface area contributed by atoms with Gasteiger partial charge in [-0.15, -0.1) is 0 Å². The van der Waals surface area contributed by atoms with Gasteiger partial charge in [0.05, 0.1) is 13.2 Å². The van der Waals surface area contributed by atoms with Crippen LogP contribution in [0.1, 0.15) is 20.3 Å². The highest BCUT2D eigenvalue weighted by Crippen LogP contribution is 2.09. The molecule has 2 nitrogen and oxygen atoms in total. The molecule has 2 aliphatic heterocycles. The molecule has 66 valence electrons. The Morgan fingerprint density at radius 1 is 0.909 bits per heavy atom. The van der Waals surface area contributed by atoms with Crippen molar-refractivity contribution in [3.8, 4) is 0 Å². The lowest BCUT2D eigenvalue weighted by Crippen LogP contribution is -2.23. The molecule has 0 N–H and O–H groups in total. The van der Waals surface area contributed by atoms with Gasteiger partial charge in [0.1, 0.15) is 0 Å². The normalized spacial score (nSPS) is 30.5. The van der Waals surface area contributed by atoms with E-state index in [9.17, 15) is 0 Å². The molecule has 2 aliphatic rings. The zero-order valence-corrected chi connectivity index (χ0v) is 7.51. The molecule has 0 bridgehead atoms. The van der Waals surface area contributed by atoms with Crippen molar-refractivity contribution >= 4 is 0 Å². The fourth-order valence-electron chi connectivity index (χ4n) is 1.01. The Kier molecular flexibility index (Phi) is 3.87. The molecule has 1 atom stereocenters. The van der Waals surface area contributed by atoms with Gasteiger partial charge in [0.2, 0.25) is 0 Å². The second kappa shape index (κ2) is 4.73. The lowest BCUT2D eigenvalue weighted by Gasteiger charge is -2.20. The molecular weight excluding hydrogens is 140 g/mol. The Bertz CT molecular complexity index is 93.7. The van der Waals surface area contributed by atoms with Gasteiger partial charge in [-0.1, -0.05) is 13.8 Å². The Balaban J connectivity index is 0.000000112. The quantitative estimate of drug-likeness (QED) is 0.534. The molecular formula is C9H18O2. The van der Waals surface area contributed by atoms with E-state index >= 15 is 0 Å². The maximum atomic E-state index is 5.06. The van der Waals surface area contributed by atoms with E-state index < -0.39 is 0 Å². The number of hydrogen-bond acceptors (Lipinski definition) is 2. The first kappa shape index (κ1) is 9.01.